The maximum absolute atomic E-state index is 6.12. The van der Waals surface area contributed by atoms with Gasteiger partial charge in [-0.25, -0.2) is 4.99 Å². The van der Waals surface area contributed by atoms with Crippen molar-refractivity contribution in [3.05, 3.63) is 156 Å². The van der Waals surface area contributed by atoms with Gasteiger partial charge in [0.2, 0.25) is 0 Å². The molecule has 5 heterocycles. The lowest BCUT2D eigenvalue weighted by Crippen LogP contribution is -2.31. The van der Waals surface area contributed by atoms with Crippen LogP contribution >= 0.6 is 0 Å². The van der Waals surface area contributed by atoms with E-state index in [-0.39, 0.29) is 0 Å². The molecule has 4 heteroatoms. The van der Waals surface area contributed by atoms with Gasteiger partial charge in [-0.1, -0.05) is 78.9 Å². The average Bonchev–Trinajstić information content (AvgIpc) is 3.89. The molecule has 1 aliphatic carbocycles. The van der Waals surface area contributed by atoms with Crippen LogP contribution in [-0.4, -0.2) is 8.97 Å². The molecule has 6 aromatic carbocycles. The Balaban J connectivity index is 1.08. The summed E-state index contributed by atoms with van der Waals surface area (Å²) < 4.78 is 11.0. The number of para-hydroxylation sites is 3. The SMILES string of the molecule is C1=CCC2C=c3c(c4cccc5c6cc(-n7c8ccccc8c8cc(-c9ccc%10oc%11ccccc%11c%10c9)ccc87)ccc6n3c45)=NC2=C1. The van der Waals surface area contributed by atoms with Crippen LogP contribution < -0.4 is 10.7 Å². The molecule has 1 aliphatic heterocycles. The summed E-state index contributed by atoms with van der Waals surface area (Å²) in [5.41, 5.74) is 11.4. The predicted molar refractivity (Wildman–Crippen MR) is 201 cm³/mol. The predicted octanol–water partition coefficient (Wildman–Crippen LogP) is 10.2. The van der Waals surface area contributed by atoms with Crippen LogP contribution in [0.3, 0.4) is 0 Å². The molecule has 1 atom stereocenters. The van der Waals surface area contributed by atoms with Crippen molar-refractivity contribution in [3.8, 4) is 16.8 Å². The summed E-state index contributed by atoms with van der Waals surface area (Å²) in [4.78, 5) is 5.19. The van der Waals surface area contributed by atoms with Gasteiger partial charge in [0.1, 0.15) is 11.2 Å². The van der Waals surface area contributed by atoms with E-state index in [1.807, 2.05) is 12.1 Å². The lowest BCUT2D eigenvalue weighted by atomic mass is 9.95. The molecule has 0 N–H and O–H groups in total. The second kappa shape index (κ2) is 9.15. The fourth-order valence-corrected chi connectivity index (χ4v) is 8.72. The second-order valence-corrected chi connectivity index (χ2v) is 13.5. The fraction of sp³-hybridized carbons (Fsp3) is 0.0444. The first kappa shape index (κ1) is 25.7. The van der Waals surface area contributed by atoms with E-state index in [1.165, 1.54) is 71.2 Å². The Morgan fingerprint density at radius 1 is 0.592 bits per heavy atom. The Kier molecular flexibility index (Phi) is 4.79. The zero-order chi connectivity index (χ0) is 31.8. The third kappa shape index (κ3) is 3.35. The summed E-state index contributed by atoms with van der Waals surface area (Å²) >= 11 is 0. The van der Waals surface area contributed by atoms with Crippen LogP contribution in [0.2, 0.25) is 0 Å². The highest BCUT2D eigenvalue weighted by Gasteiger charge is 2.23. The molecule has 228 valence electrons. The van der Waals surface area contributed by atoms with Crippen LogP contribution in [0.4, 0.5) is 0 Å². The molecule has 0 saturated carbocycles. The number of rotatable bonds is 2. The maximum atomic E-state index is 6.12. The van der Waals surface area contributed by atoms with E-state index in [2.05, 4.69) is 142 Å². The Labute approximate surface area is 279 Å². The van der Waals surface area contributed by atoms with Gasteiger partial charge in [0, 0.05) is 55.0 Å². The fourth-order valence-electron chi connectivity index (χ4n) is 8.72. The maximum Gasteiger partial charge on any atom is 0.135 e. The van der Waals surface area contributed by atoms with Crippen molar-refractivity contribution in [3.63, 3.8) is 0 Å². The molecular formula is C45H27N3O. The number of allylic oxidation sites excluding steroid dienone is 4. The van der Waals surface area contributed by atoms with Gasteiger partial charge in [0.05, 0.1) is 32.8 Å². The molecule has 0 amide bonds. The minimum Gasteiger partial charge on any atom is -0.456 e. The zero-order valence-electron chi connectivity index (χ0n) is 26.4. The molecule has 49 heavy (non-hydrogen) atoms. The molecule has 10 aromatic rings. The lowest BCUT2D eigenvalue weighted by molar-refractivity contribution is 0.669. The monoisotopic (exact) mass is 625 g/mol. The number of nitrogens with zero attached hydrogens (tertiary/aromatic N) is 3. The molecular weight excluding hydrogens is 599 g/mol. The molecule has 4 aromatic heterocycles. The van der Waals surface area contributed by atoms with E-state index < -0.39 is 0 Å². The molecule has 2 aliphatic rings. The smallest absolute Gasteiger partial charge is 0.135 e. The van der Waals surface area contributed by atoms with Crippen molar-refractivity contribution in [1.82, 2.24) is 8.97 Å². The highest BCUT2D eigenvalue weighted by Crippen LogP contribution is 2.39. The van der Waals surface area contributed by atoms with E-state index in [0.29, 0.717) is 5.92 Å². The number of furan rings is 1. The minimum atomic E-state index is 0.327. The molecule has 0 fully saturated rings. The van der Waals surface area contributed by atoms with Crippen LogP contribution in [0.15, 0.2) is 155 Å². The van der Waals surface area contributed by atoms with Crippen LogP contribution in [0, 0.1) is 5.92 Å². The molecule has 0 radical (unpaired) electrons. The third-order valence-corrected chi connectivity index (χ3v) is 10.9. The summed E-state index contributed by atoms with van der Waals surface area (Å²) in [6.07, 6.45) is 9.98. The second-order valence-electron chi connectivity index (χ2n) is 13.5. The average molecular weight is 626 g/mol. The van der Waals surface area contributed by atoms with Gasteiger partial charge >= 0.3 is 0 Å². The highest BCUT2D eigenvalue weighted by atomic mass is 16.3. The van der Waals surface area contributed by atoms with Gasteiger partial charge in [0.25, 0.3) is 0 Å². The van der Waals surface area contributed by atoms with Gasteiger partial charge in [0.15, 0.2) is 0 Å². The Hall–Kier alpha value is -6.39. The molecule has 0 spiro atoms. The lowest BCUT2D eigenvalue weighted by Gasteiger charge is -2.16. The quantitative estimate of drug-likeness (QED) is 0.188. The number of hydrogen-bond acceptors (Lipinski definition) is 2. The Bertz CT molecular complexity index is 3260. The molecule has 0 bridgehead atoms. The summed E-state index contributed by atoms with van der Waals surface area (Å²) in [6, 6.07) is 44.2. The summed E-state index contributed by atoms with van der Waals surface area (Å²) in [5.74, 6) is 0.327. The van der Waals surface area contributed by atoms with Gasteiger partial charge in [-0.15, -0.1) is 0 Å². The molecule has 4 nitrogen and oxygen atoms in total. The van der Waals surface area contributed by atoms with E-state index in [1.54, 1.807) is 0 Å². The Morgan fingerprint density at radius 2 is 1.33 bits per heavy atom. The number of aromatic nitrogens is 2. The number of benzene rings is 6. The Morgan fingerprint density at radius 3 is 2.29 bits per heavy atom. The van der Waals surface area contributed by atoms with Crippen molar-refractivity contribution in [2.45, 2.75) is 6.42 Å². The van der Waals surface area contributed by atoms with Crippen LogP contribution in [0.25, 0.3) is 93.8 Å². The van der Waals surface area contributed by atoms with E-state index >= 15 is 0 Å². The number of hydrogen-bond donors (Lipinski definition) is 0. The van der Waals surface area contributed by atoms with Crippen molar-refractivity contribution in [1.29, 1.82) is 0 Å². The summed E-state index contributed by atoms with van der Waals surface area (Å²) in [5, 5.41) is 10.9. The van der Waals surface area contributed by atoms with Gasteiger partial charge < -0.3 is 13.4 Å². The van der Waals surface area contributed by atoms with Crippen LogP contribution in [0.1, 0.15) is 6.42 Å². The van der Waals surface area contributed by atoms with E-state index in [4.69, 9.17) is 9.41 Å². The molecule has 1 unspecified atom stereocenters. The zero-order valence-corrected chi connectivity index (χ0v) is 26.4. The first-order valence-corrected chi connectivity index (χ1v) is 17.0. The van der Waals surface area contributed by atoms with Crippen molar-refractivity contribution in [2.24, 2.45) is 10.9 Å². The van der Waals surface area contributed by atoms with Gasteiger partial charge in [-0.05, 0) is 84.3 Å². The first-order chi connectivity index (χ1) is 24.3. The third-order valence-electron chi connectivity index (χ3n) is 10.9. The van der Waals surface area contributed by atoms with Crippen molar-refractivity contribution < 1.29 is 4.42 Å². The van der Waals surface area contributed by atoms with Gasteiger partial charge in [-0.3, -0.25) is 0 Å². The van der Waals surface area contributed by atoms with Crippen LogP contribution in [-0.2, 0) is 0 Å². The first-order valence-electron chi connectivity index (χ1n) is 17.0. The summed E-state index contributed by atoms with van der Waals surface area (Å²) in [7, 11) is 0. The largest absolute Gasteiger partial charge is 0.456 e. The molecule has 12 rings (SSSR count). The van der Waals surface area contributed by atoms with Gasteiger partial charge in [-0.2, -0.15) is 0 Å². The topological polar surface area (TPSA) is 34.8 Å². The van der Waals surface area contributed by atoms with Crippen molar-refractivity contribution >= 4 is 77.0 Å². The molecule has 0 saturated heterocycles. The normalized spacial score (nSPS) is 15.8. The van der Waals surface area contributed by atoms with Crippen molar-refractivity contribution in [2.75, 3.05) is 0 Å². The highest BCUT2D eigenvalue weighted by molar-refractivity contribution is 6.16. The minimum absolute atomic E-state index is 0.327. The standard InChI is InChI=1S/C45H27N3O/c1-4-13-37-28(8-1)24-41-44(46-37)33-12-7-11-32-35-25-29(18-20-40(35)48(41)45(32)33)47-38-14-5-2-9-30(38)34-22-26(16-19-39(34)47)27-17-21-43-36(23-27)31-10-3-6-15-42(31)49-43/h1-7,9-25,28H,8H2. The van der Waals surface area contributed by atoms with Crippen LogP contribution in [0.5, 0.6) is 0 Å². The summed E-state index contributed by atoms with van der Waals surface area (Å²) in [6.45, 7) is 0. The van der Waals surface area contributed by atoms with E-state index in [0.717, 1.165) is 39.4 Å². The number of fused-ring (bicyclic) bond motifs is 13. The van der Waals surface area contributed by atoms with E-state index in [9.17, 15) is 0 Å².